The van der Waals surface area contributed by atoms with E-state index in [1.807, 2.05) is 30.3 Å². The van der Waals surface area contributed by atoms with Crippen LogP contribution in [0.1, 0.15) is 51.0 Å². The third kappa shape index (κ3) is 7.46. The lowest BCUT2D eigenvalue weighted by atomic mass is 10.1. The average molecular weight is 250 g/mol. The van der Waals surface area contributed by atoms with Crippen LogP contribution in [0, 0.1) is 0 Å². The smallest absolute Gasteiger partial charge is 0.158 e. The number of aliphatic hydroxyl groups excluding tert-OH is 1. The number of unbranched alkanes of at least 4 members (excludes halogenated alkanes) is 5. The summed E-state index contributed by atoms with van der Waals surface area (Å²) in [4.78, 5) is 0. The summed E-state index contributed by atoms with van der Waals surface area (Å²) in [5.74, 6) is 0. The van der Waals surface area contributed by atoms with Crippen LogP contribution in [0.25, 0.3) is 0 Å². The number of aliphatic hydroxyl groups is 1. The van der Waals surface area contributed by atoms with E-state index in [1.54, 1.807) is 0 Å². The molecule has 1 aromatic rings. The third-order valence-corrected chi connectivity index (χ3v) is 3.06. The van der Waals surface area contributed by atoms with Gasteiger partial charge in [-0.1, -0.05) is 69.4 Å². The fraction of sp³-hybridized carbons (Fsp3) is 0.625. The monoisotopic (exact) mass is 250 g/mol. The van der Waals surface area contributed by atoms with E-state index in [4.69, 9.17) is 4.74 Å². The van der Waals surface area contributed by atoms with Crippen molar-refractivity contribution in [1.29, 1.82) is 0 Å². The topological polar surface area (TPSA) is 29.5 Å². The van der Waals surface area contributed by atoms with Crippen LogP contribution < -0.4 is 0 Å². The van der Waals surface area contributed by atoms with Gasteiger partial charge in [-0.05, 0) is 12.0 Å². The number of hydrogen-bond donors (Lipinski definition) is 1. The van der Waals surface area contributed by atoms with Gasteiger partial charge < -0.3 is 9.84 Å². The standard InChI is InChI=1S/C16H26O2/c1-2-3-4-5-6-10-13-18-16(17)14-15-11-8-7-9-12-15/h7-9,11-12,16-17H,2-6,10,13-14H2,1H3. The Morgan fingerprint density at radius 2 is 1.67 bits per heavy atom. The van der Waals surface area contributed by atoms with Gasteiger partial charge in [-0.15, -0.1) is 0 Å². The summed E-state index contributed by atoms with van der Waals surface area (Å²) < 4.78 is 5.41. The molecule has 0 spiro atoms. The lowest BCUT2D eigenvalue weighted by Crippen LogP contribution is -2.15. The van der Waals surface area contributed by atoms with Crippen molar-refractivity contribution < 1.29 is 9.84 Å². The number of hydrogen-bond acceptors (Lipinski definition) is 2. The molecule has 1 N–H and O–H groups in total. The molecule has 1 unspecified atom stereocenters. The second kappa shape index (κ2) is 10.1. The highest BCUT2D eigenvalue weighted by Gasteiger charge is 2.04. The van der Waals surface area contributed by atoms with Crippen LogP contribution in [0.15, 0.2) is 30.3 Å². The Morgan fingerprint density at radius 3 is 2.39 bits per heavy atom. The van der Waals surface area contributed by atoms with Crippen molar-refractivity contribution in [2.24, 2.45) is 0 Å². The molecule has 102 valence electrons. The first-order valence-corrected chi connectivity index (χ1v) is 7.16. The van der Waals surface area contributed by atoms with Crippen LogP contribution in [0.5, 0.6) is 0 Å². The van der Waals surface area contributed by atoms with Crippen LogP contribution in [0.4, 0.5) is 0 Å². The molecule has 0 saturated heterocycles. The molecule has 0 bridgehead atoms. The molecule has 1 aromatic carbocycles. The van der Waals surface area contributed by atoms with Gasteiger partial charge in [0, 0.05) is 13.0 Å². The number of benzene rings is 1. The summed E-state index contributed by atoms with van der Waals surface area (Å²) in [7, 11) is 0. The van der Waals surface area contributed by atoms with Crippen molar-refractivity contribution in [3.05, 3.63) is 35.9 Å². The molecule has 0 fully saturated rings. The van der Waals surface area contributed by atoms with Crippen LogP contribution >= 0.6 is 0 Å². The van der Waals surface area contributed by atoms with Gasteiger partial charge in [-0.2, -0.15) is 0 Å². The highest BCUT2D eigenvalue weighted by molar-refractivity contribution is 5.14. The summed E-state index contributed by atoms with van der Waals surface area (Å²) in [6.45, 7) is 2.89. The van der Waals surface area contributed by atoms with E-state index in [9.17, 15) is 5.11 Å². The summed E-state index contributed by atoms with van der Waals surface area (Å²) in [6.07, 6.45) is 7.39. The minimum Gasteiger partial charge on any atom is -0.368 e. The van der Waals surface area contributed by atoms with Crippen molar-refractivity contribution >= 4 is 0 Å². The lowest BCUT2D eigenvalue weighted by Gasteiger charge is -2.11. The van der Waals surface area contributed by atoms with E-state index in [1.165, 1.54) is 32.1 Å². The predicted molar refractivity (Wildman–Crippen MR) is 75.5 cm³/mol. The molecular weight excluding hydrogens is 224 g/mol. The van der Waals surface area contributed by atoms with Crippen molar-refractivity contribution in [3.8, 4) is 0 Å². The van der Waals surface area contributed by atoms with E-state index < -0.39 is 6.29 Å². The maximum Gasteiger partial charge on any atom is 0.158 e. The van der Waals surface area contributed by atoms with Gasteiger partial charge >= 0.3 is 0 Å². The van der Waals surface area contributed by atoms with E-state index in [2.05, 4.69) is 6.92 Å². The molecular formula is C16H26O2. The summed E-state index contributed by atoms with van der Waals surface area (Å²) in [6, 6.07) is 9.97. The van der Waals surface area contributed by atoms with Crippen LogP contribution in [0.2, 0.25) is 0 Å². The Hall–Kier alpha value is -0.860. The van der Waals surface area contributed by atoms with Gasteiger partial charge in [0.25, 0.3) is 0 Å². The molecule has 0 saturated carbocycles. The zero-order valence-electron chi connectivity index (χ0n) is 11.5. The average Bonchev–Trinajstić information content (AvgIpc) is 2.39. The minimum atomic E-state index is -0.664. The highest BCUT2D eigenvalue weighted by atomic mass is 16.6. The Balaban J connectivity index is 1.99. The Kier molecular flexibility index (Phi) is 8.53. The van der Waals surface area contributed by atoms with E-state index in [-0.39, 0.29) is 0 Å². The van der Waals surface area contributed by atoms with Crippen molar-refractivity contribution in [2.75, 3.05) is 6.61 Å². The van der Waals surface area contributed by atoms with Crippen molar-refractivity contribution in [3.63, 3.8) is 0 Å². The fourth-order valence-corrected chi connectivity index (χ4v) is 1.98. The third-order valence-electron chi connectivity index (χ3n) is 3.06. The first kappa shape index (κ1) is 15.2. The first-order chi connectivity index (χ1) is 8.83. The maximum absolute atomic E-state index is 9.72. The van der Waals surface area contributed by atoms with Crippen molar-refractivity contribution in [1.82, 2.24) is 0 Å². The summed E-state index contributed by atoms with van der Waals surface area (Å²) in [5, 5.41) is 9.72. The largest absolute Gasteiger partial charge is 0.368 e. The molecule has 18 heavy (non-hydrogen) atoms. The molecule has 1 atom stereocenters. The normalized spacial score (nSPS) is 12.6. The summed E-state index contributed by atoms with van der Waals surface area (Å²) in [5.41, 5.74) is 1.12. The van der Waals surface area contributed by atoms with Gasteiger partial charge in [-0.3, -0.25) is 0 Å². The van der Waals surface area contributed by atoms with E-state index in [0.717, 1.165) is 12.0 Å². The van der Waals surface area contributed by atoms with Gasteiger partial charge in [0.1, 0.15) is 0 Å². The second-order valence-corrected chi connectivity index (χ2v) is 4.78. The fourth-order valence-electron chi connectivity index (χ4n) is 1.98. The van der Waals surface area contributed by atoms with Gasteiger partial charge in [0.05, 0.1) is 0 Å². The first-order valence-electron chi connectivity index (χ1n) is 7.16. The molecule has 0 amide bonds. The Morgan fingerprint density at radius 1 is 1.00 bits per heavy atom. The molecule has 0 aliphatic heterocycles. The second-order valence-electron chi connectivity index (χ2n) is 4.78. The van der Waals surface area contributed by atoms with Crippen molar-refractivity contribution in [2.45, 2.75) is 58.2 Å². The zero-order valence-corrected chi connectivity index (χ0v) is 11.5. The molecule has 0 aliphatic carbocycles. The molecule has 0 heterocycles. The molecule has 1 rings (SSSR count). The van der Waals surface area contributed by atoms with Gasteiger partial charge in [0.2, 0.25) is 0 Å². The van der Waals surface area contributed by atoms with Crippen LogP contribution in [-0.2, 0) is 11.2 Å². The SMILES string of the molecule is CCCCCCCCOC(O)Cc1ccccc1. The highest BCUT2D eigenvalue weighted by Crippen LogP contribution is 2.07. The van der Waals surface area contributed by atoms with Gasteiger partial charge in [-0.25, -0.2) is 0 Å². The maximum atomic E-state index is 9.72. The Labute approximate surface area is 111 Å². The number of rotatable bonds is 10. The molecule has 0 aliphatic rings. The molecule has 2 nitrogen and oxygen atoms in total. The minimum absolute atomic E-state index is 0.580. The predicted octanol–water partition coefficient (Wildman–Crippen LogP) is 3.92. The van der Waals surface area contributed by atoms with E-state index >= 15 is 0 Å². The molecule has 0 aromatic heterocycles. The number of ether oxygens (including phenoxy) is 1. The molecule has 0 radical (unpaired) electrons. The quantitative estimate of drug-likeness (QED) is 0.503. The van der Waals surface area contributed by atoms with Crippen LogP contribution in [0.3, 0.4) is 0 Å². The zero-order chi connectivity index (χ0) is 13.1. The van der Waals surface area contributed by atoms with Crippen LogP contribution in [-0.4, -0.2) is 18.0 Å². The van der Waals surface area contributed by atoms with E-state index in [0.29, 0.717) is 13.0 Å². The molecule has 2 heteroatoms. The van der Waals surface area contributed by atoms with Gasteiger partial charge in [0.15, 0.2) is 6.29 Å². The lowest BCUT2D eigenvalue weighted by molar-refractivity contribution is -0.0982. The summed E-state index contributed by atoms with van der Waals surface area (Å²) >= 11 is 0. The Bertz CT molecular complexity index is 284.